The second kappa shape index (κ2) is 7.43. The number of nitrogens with zero attached hydrogens (tertiary/aromatic N) is 1. The average molecular weight is 363 g/mol. The molecule has 1 fully saturated rings. The summed E-state index contributed by atoms with van der Waals surface area (Å²) in [4.78, 5) is 27.1. The Bertz CT molecular complexity index is 860. The zero-order chi connectivity index (χ0) is 18.8. The molecular weight excluding hydrogens is 338 g/mol. The third kappa shape index (κ3) is 3.54. The molecule has 1 saturated heterocycles. The number of piperidine rings is 1. The Morgan fingerprint density at radius 3 is 2.70 bits per heavy atom. The van der Waals surface area contributed by atoms with Crippen LogP contribution in [0, 0.1) is 0 Å². The molecule has 140 valence electrons. The fourth-order valence-corrected chi connectivity index (χ4v) is 3.91. The van der Waals surface area contributed by atoms with Crippen LogP contribution in [0.15, 0.2) is 42.5 Å². The van der Waals surface area contributed by atoms with Gasteiger partial charge < -0.3 is 15.5 Å². The van der Waals surface area contributed by atoms with E-state index in [1.165, 1.54) is 5.56 Å². The zero-order valence-electron chi connectivity index (χ0n) is 15.6. The van der Waals surface area contributed by atoms with Gasteiger partial charge in [0.25, 0.3) is 5.91 Å². The number of amides is 2. The van der Waals surface area contributed by atoms with E-state index in [1.807, 2.05) is 24.3 Å². The predicted octanol–water partition coefficient (Wildman–Crippen LogP) is 3.49. The number of hydrogen-bond acceptors (Lipinski definition) is 3. The minimum Gasteiger partial charge on any atom is -0.358 e. The van der Waals surface area contributed by atoms with Crippen LogP contribution in [0.2, 0.25) is 0 Å². The second-order valence-electron chi connectivity index (χ2n) is 7.28. The van der Waals surface area contributed by atoms with E-state index in [9.17, 15) is 9.59 Å². The van der Waals surface area contributed by atoms with E-state index in [0.717, 1.165) is 49.2 Å². The first-order chi connectivity index (χ1) is 13.2. The summed E-state index contributed by atoms with van der Waals surface area (Å²) in [6.07, 6.45) is 4.08. The Kier molecular flexibility index (Phi) is 4.84. The van der Waals surface area contributed by atoms with Crippen molar-refractivity contribution in [3.8, 4) is 0 Å². The van der Waals surface area contributed by atoms with Crippen molar-refractivity contribution < 1.29 is 9.59 Å². The van der Waals surface area contributed by atoms with Crippen molar-refractivity contribution in [2.24, 2.45) is 0 Å². The Hall–Kier alpha value is -2.82. The minimum atomic E-state index is -0.132. The van der Waals surface area contributed by atoms with Crippen LogP contribution in [0.1, 0.15) is 47.7 Å². The van der Waals surface area contributed by atoms with Crippen molar-refractivity contribution in [2.75, 3.05) is 16.8 Å². The van der Waals surface area contributed by atoms with Crippen LogP contribution in [0.4, 0.5) is 11.4 Å². The molecule has 5 nitrogen and oxygen atoms in total. The highest BCUT2D eigenvalue weighted by Gasteiger charge is 2.34. The molecule has 5 heteroatoms. The number of nitrogens with one attached hydrogen (secondary N) is 2. The van der Waals surface area contributed by atoms with Crippen molar-refractivity contribution in [3.05, 3.63) is 59.2 Å². The predicted molar refractivity (Wildman–Crippen MR) is 107 cm³/mol. The number of hydrogen-bond donors (Lipinski definition) is 2. The van der Waals surface area contributed by atoms with Gasteiger partial charge in [-0.15, -0.1) is 0 Å². The molecule has 0 radical (unpaired) electrons. The molecule has 27 heavy (non-hydrogen) atoms. The van der Waals surface area contributed by atoms with Crippen molar-refractivity contribution in [1.82, 2.24) is 5.32 Å². The highest BCUT2D eigenvalue weighted by atomic mass is 16.2. The molecule has 0 saturated carbocycles. The van der Waals surface area contributed by atoms with E-state index < -0.39 is 0 Å². The van der Waals surface area contributed by atoms with Crippen LogP contribution in [-0.2, 0) is 17.8 Å². The Morgan fingerprint density at radius 1 is 1.15 bits per heavy atom. The molecule has 1 atom stereocenters. The first-order valence-electron chi connectivity index (χ1n) is 9.73. The van der Waals surface area contributed by atoms with Crippen molar-refractivity contribution in [2.45, 2.75) is 45.2 Å². The lowest BCUT2D eigenvalue weighted by molar-refractivity contribution is -0.118. The second-order valence-corrected chi connectivity index (χ2v) is 7.28. The average Bonchev–Trinajstić information content (AvgIpc) is 2.72. The first-order valence-corrected chi connectivity index (χ1v) is 9.73. The normalized spacial score (nSPS) is 18.3. The van der Waals surface area contributed by atoms with Gasteiger partial charge in [-0.2, -0.15) is 0 Å². The van der Waals surface area contributed by atoms with Crippen LogP contribution in [0.3, 0.4) is 0 Å². The number of rotatable bonds is 4. The van der Waals surface area contributed by atoms with Gasteiger partial charge in [0.05, 0.1) is 11.4 Å². The van der Waals surface area contributed by atoms with Gasteiger partial charge in [-0.3, -0.25) is 9.59 Å². The van der Waals surface area contributed by atoms with Crippen LogP contribution < -0.4 is 15.5 Å². The molecule has 2 aromatic rings. The monoisotopic (exact) mass is 363 g/mol. The molecule has 0 aliphatic carbocycles. The lowest BCUT2D eigenvalue weighted by atomic mass is 9.97. The highest BCUT2D eigenvalue weighted by Crippen LogP contribution is 2.36. The number of aryl methyl sites for hydroxylation is 1. The molecule has 2 N–H and O–H groups in total. The van der Waals surface area contributed by atoms with E-state index >= 15 is 0 Å². The molecule has 2 aliphatic heterocycles. The fourth-order valence-electron chi connectivity index (χ4n) is 3.91. The number of anilines is 2. The third-order valence-corrected chi connectivity index (χ3v) is 5.52. The van der Waals surface area contributed by atoms with E-state index in [-0.39, 0.29) is 17.9 Å². The van der Waals surface area contributed by atoms with E-state index in [1.54, 1.807) is 6.07 Å². The largest absolute Gasteiger partial charge is 0.358 e. The minimum absolute atomic E-state index is 0.0378. The van der Waals surface area contributed by atoms with Gasteiger partial charge in [0.2, 0.25) is 5.91 Å². The van der Waals surface area contributed by atoms with Gasteiger partial charge in [0.15, 0.2) is 0 Å². The van der Waals surface area contributed by atoms with E-state index in [4.69, 9.17) is 0 Å². The smallest absolute Gasteiger partial charge is 0.251 e. The number of carbonyl (C=O) groups excluding carboxylic acids is 2. The third-order valence-electron chi connectivity index (χ3n) is 5.52. The lowest BCUT2D eigenvalue weighted by Gasteiger charge is -2.41. The molecule has 2 amide bonds. The topological polar surface area (TPSA) is 61.4 Å². The van der Waals surface area contributed by atoms with Crippen LogP contribution in [-0.4, -0.2) is 24.4 Å². The summed E-state index contributed by atoms with van der Waals surface area (Å²) >= 11 is 0. The molecule has 0 unspecified atom stereocenters. The SMILES string of the molecule is CCc1ccc(CNC(=O)c2ccc3c(c2)NC(=O)[C@@H]2CCCCN32)cc1. The molecular formula is C22H25N3O2. The van der Waals surface area contributed by atoms with Crippen LogP contribution in [0.5, 0.6) is 0 Å². The number of carbonyl (C=O) groups is 2. The van der Waals surface area contributed by atoms with Crippen molar-refractivity contribution in [3.63, 3.8) is 0 Å². The summed E-state index contributed by atoms with van der Waals surface area (Å²) < 4.78 is 0. The molecule has 2 aromatic carbocycles. The Labute approximate surface area is 159 Å². The Balaban J connectivity index is 1.47. The maximum Gasteiger partial charge on any atom is 0.251 e. The van der Waals surface area contributed by atoms with Gasteiger partial charge in [0.1, 0.15) is 6.04 Å². The van der Waals surface area contributed by atoms with Gasteiger partial charge in [-0.1, -0.05) is 31.2 Å². The van der Waals surface area contributed by atoms with E-state index in [2.05, 4.69) is 34.6 Å². The summed E-state index contributed by atoms with van der Waals surface area (Å²) in [5.74, 6) is -0.0943. The van der Waals surface area contributed by atoms with Gasteiger partial charge in [-0.25, -0.2) is 0 Å². The maximum absolute atomic E-state index is 12.6. The molecule has 0 bridgehead atoms. The van der Waals surface area contributed by atoms with Gasteiger partial charge >= 0.3 is 0 Å². The summed E-state index contributed by atoms with van der Waals surface area (Å²) in [5, 5.41) is 5.94. The van der Waals surface area contributed by atoms with Crippen LogP contribution >= 0.6 is 0 Å². The zero-order valence-corrected chi connectivity index (χ0v) is 15.6. The van der Waals surface area contributed by atoms with Crippen LogP contribution in [0.25, 0.3) is 0 Å². The molecule has 0 spiro atoms. The highest BCUT2D eigenvalue weighted by molar-refractivity contribution is 6.05. The van der Waals surface area contributed by atoms with E-state index in [0.29, 0.717) is 12.1 Å². The summed E-state index contributed by atoms with van der Waals surface area (Å²) in [6.45, 7) is 3.50. The number of benzene rings is 2. The van der Waals surface area contributed by atoms with Gasteiger partial charge in [0, 0.05) is 18.7 Å². The Morgan fingerprint density at radius 2 is 1.93 bits per heavy atom. The molecule has 2 aliphatic rings. The molecule has 4 rings (SSSR count). The quantitative estimate of drug-likeness (QED) is 0.874. The van der Waals surface area contributed by atoms with Gasteiger partial charge in [-0.05, 0) is 55.0 Å². The van der Waals surface area contributed by atoms with Crippen molar-refractivity contribution >= 4 is 23.2 Å². The first kappa shape index (κ1) is 17.6. The summed E-state index contributed by atoms with van der Waals surface area (Å²) in [6, 6.07) is 13.8. The standard InChI is InChI=1S/C22H25N3O2/c1-2-15-6-8-16(9-7-15)14-23-21(26)17-10-11-19-18(13-17)24-22(27)20-5-3-4-12-25(19)20/h6-11,13,20H,2-5,12,14H2,1H3,(H,23,26)(H,24,27)/t20-/m0/s1. The molecule has 0 aromatic heterocycles. The molecule has 2 heterocycles. The van der Waals surface area contributed by atoms with Crippen molar-refractivity contribution in [1.29, 1.82) is 0 Å². The summed E-state index contributed by atoms with van der Waals surface area (Å²) in [7, 11) is 0. The maximum atomic E-state index is 12.6. The fraction of sp³-hybridized carbons (Fsp3) is 0.364. The number of fused-ring (bicyclic) bond motifs is 3. The lowest BCUT2D eigenvalue weighted by Crippen LogP contribution is -2.50. The summed E-state index contributed by atoms with van der Waals surface area (Å²) in [5.41, 5.74) is 4.67.